The van der Waals surface area contributed by atoms with Crippen LogP contribution >= 0.6 is 0 Å². The van der Waals surface area contributed by atoms with Crippen LogP contribution in [0.15, 0.2) is 24.3 Å². The van der Waals surface area contributed by atoms with Crippen molar-refractivity contribution in [1.29, 1.82) is 0 Å². The van der Waals surface area contributed by atoms with Gasteiger partial charge >= 0.3 is 0 Å². The van der Waals surface area contributed by atoms with Gasteiger partial charge < -0.3 is 10.1 Å². The summed E-state index contributed by atoms with van der Waals surface area (Å²) in [6, 6.07) is 8.44. The van der Waals surface area contributed by atoms with E-state index in [0.29, 0.717) is 0 Å². The Morgan fingerprint density at radius 1 is 1.18 bits per heavy atom. The van der Waals surface area contributed by atoms with E-state index < -0.39 is 0 Å². The topological polar surface area (TPSA) is 24.5 Å². The van der Waals surface area contributed by atoms with Crippen molar-refractivity contribution in [3.05, 3.63) is 29.8 Å². The van der Waals surface area contributed by atoms with Gasteiger partial charge in [0, 0.05) is 19.6 Å². The van der Waals surface area contributed by atoms with Gasteiger partial charge in [-0.3, -0.25) is 4.90 Å². The lowest BCUT2D eigenvalue weighted by Crippen LogP contribution is -2.25. The molecule has 3 nitrogen and oxygen atoms in total. The molecule has 0 radical (unpaired) electrons. The van der Waals surface area contributed by atoms with Crippen molar-refractivity contribution in [3.8, 4) is 5.75 Å². The van der Waals surface area contributed by atoms with E-state index in [0.717, 1.165) is 24.1 Å². The number of methoxy groups -OCH3 is 1. The quantitative estimate of drug-likeness (QED) is 0.851. The van der Waals surface area contributed by atoms with Gasteiger partial charge in [0.2, 0.25) is 0 Å². The molecule has 17 heavy (non-hydrogen) atoms. The molecule has 1 N–H and O–H groups in total. The lowest BCUT2D eigenvalue weighted by molar-refractivity contribution is 0.305. The lowest BCUT2D eigenvalue weighted by Gasteiger charge is -2.17. The fourth-order valence-corrected chi connectivity index (χ4v) is 3.07. The highest BCUT2D eigenvalue weighted by atomic mass is 16.5. The predicted molar refractivity (Wildman–Crippen MR) is 68.1 cm³/mol. The minimum Gasteiger partial charge on any atom is -0.497 e. The first-order chi connectivity index (χ1) is 8.35. The fraction of sp³-hybridized carbons (Fsp3) is 0.571. The van der Waals surface area contributed by atoms with Crippen molar-refractivity contribution in [2.45, 2.75) is 6.54 Å². The van der Waals surface area contributed by atoms with Crippen LogP contribution in [0.4, 0.5) is 0 Å². The molecule has 2 saturated heterocycles. The Morgan fingerprint density at radius 3 is 2.41 bits per heavy atom. The largest absolute Gasteiger partial charge is 0.497 e. The summed E-state index contributed by atoms with van der Waals surface area (Å²) in [6.07, 6.45) is 0. The third-order valence-corrected chi connectivity index (χ3v) is 4.03. The molecule has 3 heteroatoms. The van der Waals surface area contributed by atoms with Gasteiger partial charge in [-0.25, -0.2) is 0 Å². The Kier molecular flexibility index (Phi) is 3.04. The summed E-state index contributed by atoms with van der Waals surface area (Å²) in [4.78, 5) is 2.58. The van der Waals surface area contributed by atoms with Crippen LogP contribution < -0.4 is 10.1 Å². The van der Waals surface area contributed by atoms with Crippen LogP contribution in [-0.4, -0.2) is 38.2 Å². The molecule has 0 aliphatic carbocycles. The number of rotatable bonds is 3. The normalized spacial score (nSPS) is 28.3. The highest BCUT2D eigenvalue weighted by Crippen LogP contribution is 2.27. The van der Waals surface area contributed by atoms with Crippen LogP contribution in [0.2, 0.25) is 0 Å². The number of nitrogens with one attached hydrogen (secondary N) is 1. The minimum absolute atomic E-state index is 0.883. The summed E-state index contributed by atoms with van der Waals surface area (Å²) in [5.74, 6) is 2.71. The Bertz CT molecular complexity index is 364. The summed E-state index contributed by atoms with van der Waals surface area (Å²) < 4.78 is 5.18. The number of fused-ring (bicyclic) bond motifs is 1. The molecule has 0 spiro atoms. The zero-order chi connectivity index (χ0) is 11.7. The third kappa shape index (κ3) is 2.31. The van der Waals surface area contributed by atoms with E-state index in [2.05, 4.69) is 22.3 Å². The molecule has 0 unspecified atom stereocenters. The maximum absolute atomic E-state index is 5.18. The maximum atomic E-state index is 5.18. The lowest BCUT2D eigenvalue weighted by atomic mass is 10.0. The third-order valence-electron chi connectivity index (χ3n) is 4.03. The number of ether oxygens (including phenoxy) is 1. The molecule has 0 saturated carbocycles. The molecule has 92 valence electrons. The first-order valence-corrected chi connectivity index (χ1v) is 6.41. The number of hydrogen-bond acceptors (Lipinski definition) is 3. The van der Waals surface area contributed by atoms with Gasteiger partial charge in [0.05, 0.1) is 7.11 Å². The molecule has 2 aliphatic rings. The molecule has 0 bridgehead atoms. The second kappa shape index (κ2) is 4.67. The zero-order valence-electron chi connectivity index (χ0n) is 10.4. The van der Waals surface area contributed by atoms with Crippen molar-refractivity contribution in [1.82, 2.24) is 10.2 Å². The Balaban J connectivity index is 1.59. The first kappa shape index (κ1) is 11.1. The Labute approximate surface area is 103 Å². The number of likely N-dealkylation sites (tertiary alicyclic amines) is 1. The summed E-state index contributed by atoms with van der Waals surface area (Å²) in [5, 5.41) is 3.48. The van der Waals surface area contributed by atoms with Crippen molar-refractivity contribution in [2.75, 3.05) is 33.3 Å². The molecule has 1 aromatic carbocycles. The van der Waals surface area contributed by atoms with E-state index in [1.807, 2.05) is 12.1 Å². The summed E-state index contributed by atoms with van der Waals surface area (Å²) in [7, 11) is 1.71. The summed E-state index contributed by atoms with van der Waals surface area (Å²) >= 11 is 0. The summed E-state index contributed by atoms with van der Waals surface area (Å²) in [6.45, 7) is 6.01. The molecule has 1 aromatic rings. The van der Waals surface area contributed by atoms with E-state index in [4.69, 9.17) is 4.74 Å². The molecule has 2 aliphatic heterocycles. The standard InChI is InChI=1S/C14H20N2O/c1-17-14-4-2-11(3-5-14)8-16-9-12-6-15-7-13(12)10-16/h2-5,12-13,15H,6-10H2,1H3/t12-,13-/m1/s1. The van der Waals surface area contributed by atoms with Crippen LogP contribution in [0.25, 0.3) is 0 Å². The molecule has 0 amide bonds. The number of hydrogen-bond donors (Lipinski definition) is 1. The number of nitrogens with zero attached hydrogens (tertiary/aromatic N) is 1. The van der Waals surface area contributed by atoms with Crippen LogP contribution in [0.5, 0.6) is 5.75 Å². The highest BCUT2D eigenvalue weighted by molar-refractivity contribution is 5.27. The molecular formula is C14H20N2O. The van der Waals surface area contributed by atoms with Crippen molar-refractivity contribution in [3.63, 3.8) is 0 Å². The average molecular weight is 232 g/mol. The predicted octanol–water partition coefficient (Wildman–Crippen LogP) is 1.35. The SMILES string of the molecule is COc1ccc(CN2C[C@H]3CNC[C@@H]3C2)cc1. The second-order valence-electron chi connectivity index (χ2n) is 5.22. The van der Waals surface area contributed by atoms with Gasteiger partial charge in [-0.1, -0.05) is 12.1 Å². The van der Waals surface area contributed by atoms with E-state index >= 15 is 0 Å². The van der Waals surface area contributed by atoms with Gasteiger partial charge in [0.25, 0.3) is 0 Å². The monoisotopic (exact) mass is 232 g/mol. The first-order valence-electron chi connectivity index (χ1n) is 6.41. The van der Waals surface area contributed by atoms with Crippen LogP contribution in [0.3, 0.4) is 0 Å². The Morgan fingerprint density at radius 2 is 1.82 bits per heavy atom. The Hall–Kier alpha value is -1.06. The van der Waals surface area contributed by atoms with Gasteiger partial charge in [-0.05, 0) is 42.6 Å². The zero-order valence-corrected chi connectivity index (χ0v) is 10.4. The molecule has 2 heterocycles. The average Bonchev–Trinajstić information content (AvgIpc) is 2.90. The molecule has 0 aromatic heterocycles. The van der Waals surface area contributed by atoms with Crippen LogP contribution in [0, 0.1) is 11.8 Å². The molecule has 2 fully saturated rings. The van der Waals surface area contributed by atoms with Crippen LogP contribution in [-0.2, 0) is 6.54 Å². The van der Waals surface area contributed by atoms with Crippen LogP contribution in [0.1, 0.15) is 5.56 Å². The van der Waals surface area contributed by atoms with E-state index in [1.165, 1.54) is 31.7 Å². The van der Waals surface area contributed by atoms with Gasteiger partial charge in [0.15, 0.2) is 0 Å². The highest BCUT2D eigenvalue weighted by Gasteiger charge is 2.35. The van der Waals surface area contributed by atoms with Crippen molar-refractivity contribution < 1.29 is 4.74 Å². The van der Waals surface area contributed by atoms with E-state index in [-0.39, 0.29) is 0 Å². The number of benzene rings is 1. The smallest absolute Gasteiger partial charge is 0.118 e. The van der Waals surface area contributed by atoms with Gasteiger partial charge in [0.1, 0.15) is 5.75 Å². The minimum atomic E-state index is 0.883. The van der Waals surface area contributed by atoms with E-state index in [1.54, 1.807) is 7.11 Å². The van der Waals surface area contributed by atoms with E-state index in [9.17, 15) is 0 Å². The molecule has 3 rings (SSSR count). The summed E-state index contributed by atoms with van der Waals surface area (Å²) in [5.41, 5.74) is 1.39. The van der Waals surface area contributed by atoms with Crippen molar-refractivity contribution >= 4 is 0 Å². The van der Waals surface area contributed by atoms with Gasteiger partial charge in [-0.15, -0.1) is 0 Å². The maximum Gasteiger partial charge on any atom is 0.118 e. The molecular weight excluding hydrogens is 212 g/mol. The van der Waals surface area contributed by atoms with Gasteiger partial charge in [-0.2, -0.15) is 0 Å². The molecule has 2 atom stereocenters. The second-order valence-corrected chi connectivity index (χ2v) is 5.22. The van der Waals surface area contributed by atoms with Crippen molar-refractivity contribution in [2.24, 2.45) is 11.8 Å². The fourth-order valence-electron chi connectivity index (χ4n) is 3.07.